The van der Waals surface area contributed by atoms with E-state index in [1.54, 1.807) is 13.3 Å². The number of benzene rings is 1. The summed E-state index contributed by atoms with van der Waals surface area (Å²) in [6.45, 7) is 1.95. The normalized spacial score (nSPS) is 12.0. The third kappa shape index (κ3) is 3.44. The molecule has 0 aliphatic rings. The first-order chi connectivity index (χ1) is 9.10. The second-order valence-electron chi connectivity index (χ2n) is 4.15. The third-order valence-corrected chi connectivity index (χ3v) is 3.46. The molecular weight excluding hydrogens is 311 g/mol. The predicted molar refractivity (Wildman–Crippen MR) is 76.9 cm³/mol. The molecule has 0 radical (unpaired) electrons. The SMILES string of the molecule is COc1ccc(Br)c(NC(C)c2cncc(F)c2)c1. The van der Waals surface area contributed by atoms with E-state index in [0.717, 1.165) is 21.5 Å². The van der Waals surface area contributed by atoms with Crippen LogP contribution in [0.2, 0.25) is 0 Å². The van der Waals surface area contributed by atoms with Crippen LogP contribution in [-0.2, 0) is 0 Å². The summed E-state index contributed by atoms with van der Waals surface area (Å²) in [5.41, 5.74) is 1.67. The highest BCUT2D eigenvalue weighted by Gasteiger charge is 2.09. The van der Waals surface area contributed by atoms with E-state index in [0.29, 0.717) is 0 Å². The van der Waals surface area contributed by atoms with Crippen LogP contribution in [-0.4, -0.2) is 12.1 Å². The Morgan fingerprint density at radius 1 is 1.32 bits per heavy atom. The first-order valence-electron chi connectivity index (χ1n) is 5.80. The van der Waals surface area contributed by atoms with Crippen LogP contribution >= 0.6 is 15.9 Å². The maximum absolute atomic E-state index is 13.1. The fourth-order valence-corrected chi connectivity index (χ4v) is 2.08. The van der Waals surface area contributed by atoms with Crippen molar-refractivity contribution in [3.8, 4) is 5.75 Å². The van der Waals surface area contributed by atoms with Crippen molar-refractivity contribution in [1.29, 1.82) is 0 Å². The highest BCUT2D eigenvalue weighted by molar-refractivity contribution is 9.10. The first-order valence-corrected chi connectivity index (χ1v) is 6.60. The molecule has 0 saturated heterocycles. The Morgan fingerprint density at radius 3 is 2.79 bits per heavy atom. The molecule has 1 heterocycles. The minimum absolute atomic E-state index is 0.0633. The predicted octanol–water partition coefficient (Wildman–Crippen LogP) is 4.16. The summed E-state index contributed by atoms with van der Waals surface area (Å²) in [6.07, 6.45) is 2.84. The number of nitrogens with zero attached hydrogens (tertiary/aromatic N) is 1. The summed E-state index contributed by atoms with van der Waals surface area (Å²) in [5.74, 6) is 0.422. The molecule has 5 heteroatoms. The van der Waals surface area contributed by atoms with Gasteiger partial charge < -0.3 is 10.1 Å². The van der Waals surface area contributed by atoms with Gasteiger partial charge in [-0.05, 0) is 46.6 Å². The van der Waals surface area contributed by atoms with Gasteiger partial charge in [0.05, 0.1) is 25.0 Å². The van der Waals surface area contributed by atoms with Crippen LogP contribution in [0.25, 0.3) is 0 Å². The van der Waals surface area contributed by atoms with Gasteiger partial charge in [0.25, 0.3) is 0 Å². The standard InChI is InChI=1S/C14H14BrFN2O/c1-9(10-5-11(16)8-17-7-10)18-14-6-12(19-2)3-4-13(14)15/h3-9,18H,1-2H3. The molecule has 1 aromatic heterocycles. The molecule has 19 heavy (non-hydrogen) atoms. The van der Waals surface area contributed by atoms with Gasteiger partial charge in [-0.3, -0.25) is 4.98 Å². The van der Waals surface area contributed by atoms with Gasteiger partial charge in [0, 0.05) is 16.7 Å². The maximum atomic E-state index is 13.1. The molecular formula is C14H14BrFN2O. The second-order valence-corrected chi connectivity index (χ2v) is 5.00. The van der Waals surface area contributed by atoms with Crippen molar-refractivity contribution < 1.29 is 9.13 Å². The number of ether oxygens (including phenoxy) is 1. The summed E-state index contributed by atoms with van der Waals surface area (Å²) >= 11 is 3.47. The Hall–Kier alpha value is -1.62. The van der Waals surface area contributed by atoms with Gasteiger partial charge in [0.15, 0.2) is 0 Å². The molecule has 0 saturated carbocycles. The topological polar surface area (TPSA) is 34.1 Å². The third-order valence-electron chi connectivity index (χ3n) is 2.77. The van der Waals surface area contributed by atoms with Crippen molar-refractivity contribution in [2.75, 3.05) is 12.4 Å². The van der Waals surface area contributed by atoms with Crippen molar-refractivity contribution in [3.05, 3.63) is 52.5 Å². The number of hydrogen-bond donors (Lipinski definition) is 1. The lowest BCUT2D eigenvalue weighted by Crippen LogP contribution is -2.08. The minimum atomic E-state index is -0.337. The number of anilines is 1. The average molecular weight is 325 g/mol. The van der Waals surface area contributed by atoms with E-state index in [9.17, 15) is 4.39 Å². The number of methoxy groups -OCH3 is 1. The fraction of sp³-hybridized carbons (Fsp3) is 0.214. The highest BCUT2D eigenvalue weighted by Crippen LogP contribution is 2.30. The van der Waals surface area contributed by atoms with Gasteiger partial charge in [-0.15, -0.1) is 0 Å². The van der Waals surface area contributed by atoms with E-state index in [-0.39, 0.29) is 11.9 Å². The fourth-order valence-electron chi connectivity index (χ4n) is 1.72. The van der Waals surface area contributed by atoms with Crippen molar-refractivity contribution in [3.63, 3.8) is 0 Å². The summed E-state index contributed by atoms with van der Waals surface area (Å²) < 4.78 is 19.2. The second kappa shape index (κ2) is 6.02. The van der Waals surface area contributed by atoms with Crippen LogP contribution in [0, 0.1) is 5.82 Å². The highest BCUT2D eigenvalue weighted by atomic mass is 79.9. The Kier molecular flexibility index (Phi) is 4.37. The van der Waals surface area contributed by atoms with E-state index < -0.39 is 0 Å². The van der Waals surface area contributed by atoms with Crippen LogP contribution in [0.5, 0.6) is 5.75 Å². The summed E-state index contributed by atoms with van der Waals surface area (Å²) in [7, 11) is 1.62. The Balaban J connectivity index is 2.21. The lowest BCUT2D eigenvalue weighted by atomic mass is 10.1. The number of aromatic nitrogens is 1. The lowest BCUT2D eigenvalue weighted by molar-refractivity contribution is 0.415. The largest absolute Gasteiger partial charge is 0.497 e. The zero-order valence-electron chi connectivity index (χ0n) is 10.7. The van der Waals surface area contributed by atoms with Crippen LogP contribution < -0.4 is 10.1 Å². The number of hydrogen-bond acceptors (Lipinski definition) is 3. The first kappa shape index (κ1) is 13.8. The molecule has 0 fully saturated rings. The van der Waals surface area contributed by atoms with Gasteiger partial charge in [0.1, 0.15) is 11.6 Å². The molecule has 0 aliphatic carbocycles. The molecule has 0 amide bonds. The zero-order chi connectivity index (χ0) is 13.8. The molecule has 1 unspecified atom stereocenters. The molecule has 1 aromatic carbocycles. The van der Waals surface area contributed by atoms with E-state index >= 15 is 0 Å². The van der Waals surface area contributed by atoms with E-state index in [1.807, 2.05) is 25.1 Å². The van der Waals surface area contributed by atoms with Crippen LogP contribution in [0.1, 0.15) is 18.5 Å². The summed E-state index contributed by atoms with van der Waals surface area (Å²) in [6, 6.07) is 7.06. The molecule has 100 valence electrons. The molecule has 3 nitrogen and oxygen atoms in total. The average Bonchev–Trinajstić information content (AvgIpc) is 2.41. The lowest BCUT2D eigenvalue weighted by Gasteiger charge is -2.17. The zero-order valence-corrected chi connectivity index (χ0v) is 12.2. The molecule has 1 N–H and O–H groups in total. The number of rotatable bonds is 4. The quantitative estimate of drug-likeness (QED) is 0.916. The Bertz CT molecular complexity index is 577. The van der Waals surface area contributed by atoms with Crippen LogP contribution in [0.4, 0.5) is 10.1 Å². The Morgan fingerprint density at radius 2 is 2.11 bits per heavy atom. The molecule has 0 bridgehead atoms. The van der Waals surface area contributed by atoms with Crippen molar-refractivity contribution in [2.45, 2.75) is 13.0 Å². The Labute approximate surface area is 119 Å². The van der Waals surface area contributed by atoms with E-state index in [2.05, 4.69) is 26.2 Å². The van der Waals surface area contributed by atoms with Crippen molar-refractivity contribution in [2.24, 2.45) is 0 Å². The molecule has 0 aliphatic heterocycles. The smallest absolute Gasteiger partial charge is 0.141 e. The number of nitrogens with one attached hydrogen (secondary N) is 1. The monoisotopic (exact) mass is 324 g/mol. The van der Waals surface area contributed by atoms with Gasteiger partial charge in [-0.25, -0.2) is 4.39 Å². The molecule has 1 atom stereocenters. The van der Waals surface area contributed by atoms with E-state index in [1.165, 1.54) is 12.3 Å². The van der Waals surface area contributed by atoms with Gasteiger partial charge >= 0.3 is 0 Å². The molecule has 2 aromatic rings. The van der Waals surface area contributed by atoms with Crippen LogP contribution in [0.3, 0.4) is 0 Å². The van der Waals surface area contributed by atoms with E-state index in [4.69, 9.17) is 4.74 Å². The van der Waals surface area contributed by atoms with Gasteiger partial charge in [-0.2, -0.15) is 0 Å². The number of pyridine rings is 1. The van der Waals surface area contributed by atoms with Crippen molar-refractivity contribution >= 4 is 21.6 Å². The molecule has 2 rings (SSSR count). The van der Waals surface area contributed by atoms with Gasteiger partial charge in [0.2, 0.25) is 0 Å². The number of halogens is 2. The molecule has 0 spiro atoms. The minimum Gasteiger partial charge on any atom is -0.497 e. The van der Waals surface area contributed by atoms with Gasteiger partial charge in [-0.1, -0.05) is 0 Å². The summed E-state index contributed by atoms with van der Waals surface area (Å²) in [5, 5.41) is 3.29. The maximum Gasteiger partial charge on any atom is 0.141 e. The van der Waals surface area contributed by atoms with Crippen molar-refractivity contribution in [1.82, 2.24) is 4.98 Å². The summed E-state index contributed by atoms with van der Waals surface area (Å²) in [4.78, 5) is 3.85. The van der Waals surface area contributed by atoms with Crippen LogP contribution in [0.15, 0.2) is 41.1 Å².